The first-order valence-electron chi connectivity index (χ1n) is 11.3. The standard InChI is InChI=1S/C23H29FN4O4S/c1-16-5-6-17(24)13-21(16)33(31,32)26-18-14-20(23(29)30)22(25-15-18)28-11-7-19(8-12-28)27-9-3-2-4-10-27/h5-6,13-15,19,26H,2-4,7-12H2,1H3,(H,29,30). The Balaban J connectivity index is 1.51. The number of sulfonamides is 1. The molecular weight excluding hydrogens is 447 g/mol. The number of carbonyl (C=O) groups is 1. The molecule has 0 aliphatic carbocycles. The first-order chi connectivity index (χ1) is 15.7. The van der Waals surface area contributed by atoms with Crippen LogP contribution in [0, 0.1) is 12.7 Å². The number of aromatic nitrogens is 1. The van der Waals surface area contributed by atoms with Gasteiger partial charge in [-0.05, 0) is 69.5 Å². The van der Waals surface area contributed by atoms with E-state index in [9.17, 15) is 22.7 Å². The number of pyridine rings is 1. The van der Waals surface area contributed by atoms with Gasteiger partial charge in [-0.1, -0.05) is 12.5 Å². The number of anilines is 2. The van der Waals surface area contributed by atoms with Gasteiger partial charge in [0.15, 0.2) is 0 Å². The first kappa shape index (κ1) is 23.4. The summed E-state index contributed by atoms with van der Waals surface area (Å²) < 4.78 is 41.5. The summed E-state index contributed by atoms with van der Waals surface area (Å²) in [6.45, 7) is 5.21. The van der Waals surface area contributed by atoms with Crippen molar-refractivity contribution in [3.8, 4) is 0 Å². The molecule has 2 aromatic rings. The molecule has 2 N–H and O–H groups in total. The molecule has 33 heavy (non-hydrogen) atoms. The average Bonchev–Trinajstić information content (AvgIpc) is 2.81. The van der Waals surface area contributed by atoms with Crippen LogP contribution in [-0.4, -0.2) is 61.6 Å². The van der Waals surface area contributed by atoms with Crippen molar-refractivity contribution in [2.45, 2.75) is 50.0 Å². The monoisotopic (exact) mass is 476 g/mol. The lowest BCUT2D eigenvalue weighted by atomic mass is 9.99. The number of nitrogens with one attached hydrogen (secondary N) is 1. The van der Waals surface area contributed by atoms with Crippen LogP contribution in [0.4, 0.5) is 15.9 Å². The Kier molecular flexibility index (Phi) is 6.85. The molecular formula is C23H29FN4O4S. The summed E-state index contributed by atoms with van der Waals surface area (Å²) in [5.74, 6) is -1.52. The van der Waals surface area contributed by atoms with Gasteiger partial charge in [0, 0.05) is 19.1 Å². The molecule has 1 aromatic heterocycles. The number of hydrogen-bond acceptors (Lipinski definition) is 6. The molecule has 0 radical (unpaired) electrons. The van der Waals surface area contributed by atoms with Gasteiger partial charge in [0.25, 0.3) is 10.0 Å². The van der Waals surface area contributed by atoms with Crippen molar-refractivity contribution < 1.29 is 22.7 Å². The Bertz CT molecular complexity index is 1130. The van der Waals surface area contributed by atoms with Gasteiger partial charge in [0.05, 0.1) is 16.8 Å². The van der Waals surface area contributed by atoms with Gasteiger partial charge < -0.3 is 14.9 Å². The van der Waals surface area contributed by atoms with E-state index in [1.165, 1.54) is 43.7 Å². The molecule has 0 unspecified atom stereocenters. The van der Waals surface area contributed by atoms with Gasteiger partial charge >= 0.3 is 5.97 Å². The molecule has 0 bridgehead atoms. The summed E-state index contributed by atoms with van der Waals surface area (Å²) in [6.07, 6.45) is 6.94. The third-order valence-corrected chi connectivity index (χ3v) is 7.98. The maximum absolute atomic E-state index is 13.6. The van der Waals surface area contributed by atoms with E-state index in [2.05, 4.69) is 14.6 Å². The zero-order chi connectivity index (χ0) is 23.6. The molecule has 2 aliphatic heterocycles. The quantitative estimate of drug-likeness (QED) is 0.658. The zero-order valence-corrected chi connectivity index (χ0v) is 19.4. The van der Waals surface area contributed by atoms with Crippen molar-refractivity contribution in [2.24, 2.45) is 0 Å². The SMILES string of the molecule is Cc1ccc(F)cc1S(=O)(=O)Nc1cnc(N2CCC(N3CCCCC3)CC2)c(C(=O)O)c1. The topological polar surface area (TPSA) is 103 Å². The predicted octanol–water partition coefficient (Wildman–Crippen LogP) is 3.48. The van der Waals surface area contributed by atoms with Crippen LogP contribution in [0.5, 0.6) is 0 Å². The van der Waals surface area contributed by atoms with Crippen molar-refractivity contribution in [3.05, 3.63) is 47.4 Å². The second kappa shape index (κ2) is 9.64. The smallest absolute Gasteiger partial charge is 0.339 e. The molecule has 2 fully saturated rings. The minimum atomic E-state index is -4.11. The summed E-state index contributed by atoms with van der Waals surface area (Å²) in [6, 6.07) is 5.27. The molecule has 3 heterocycles. The lowest BCUT2D eigenvalue weighted by molar-refractivity contribution is 0.0697. The third-order valence-electron chi connectivity index (χ3n) is 6.46. The Hall–Kier alpha value is -2.72. The van der Waals surface area contributed by atoms with Crippen molar-refractivity contribution in [3.63, 3.8) is 0 Å². The molecule has 178 valence electrons. The number of likely N-dealkylation sites (tertiary alicyclic amines) is 1. The maximum Gasteiger partial charge on any atom is 0.339 e. The van der Waals surface area contributed by atoms with E-state index in [4.69, 9.17) is 0 Å². The van der Waals surface area contributed by atoms with Gasteiger partial charge in [0.2, 0.25) is 0 Å². The van der Waals surface area contributed by atoms with E-state index in [1.54, 1.807) is 6.92 Å². The fourth-order valence-corrected chi connectivity index (χ4v) is 6.01. The van der Waals surface area contributed by atoms with Crippen LogP contribution in [0.1, 0.15) is 48.0 Å². The van der Waals surface area contributed by atoms with E-state index in [0.717, 1.165) is 32.0 Å². The van der Waals surface area contributed by atoms with Gasteiger partial charge in [-0.2, -0.15) is 0 Å². The number of aryl methyl sites for hydroxylation is 1. The van der Waals surface area contributed by atoms with E-state index in [1.807, 2.05) is 4.90 Å². The average molecular weight is 477 g/mol. The fourth-order valence-electron chi connectivity index (χ4n) is 4.72. The van der Waals surface area contributed by atoms with E-state index in [0.29, 0.717) is 30.5 Å². The van der Waals surface area contributed by atoms with E-state index < -0.39 is 21.8 Å². The Morgan fingerprint density at radius 1 is 1.12 bits per heavy atom. The number of carboxylic acid groups (broad SMARTS) is 1. The number of hydrogen-bond donors (Lipinski definition) is 2. The van der Waals surface area contributed by atoms with Crippen LogP contribution < -0.4 is 9.62 Å². The second-order valence-corrected chi connectivity index (χ2v) is 10.4. The number of nitrogens with zero attached hydrogens (tertiary/aromatic N) is 3. The van der Waals surface area contributed by atoms with Crippen LogP contribution in [0.25, 0.3) is 0 Å². The molecule has 8 nitrogen and oxygen atoms in total. The molecule has 10 heteroatoms. The van der Waals surface area contributed by atoms with Crippen molar-refractivity contribution >= 4 is 27.5 Å². The molecule has 1 aromatic carbocycles. The molecule has 0 saturated carbocycles. The minimum absolute atomic E-state index is 0.0167. The van der Waals surface area contributed by atoms with Gasteiger partial charge in [-0.3, -0.25) is 4.72 Å². The first-order valence-corrected chi connectivity index (χ1v) is 12.7. The lowest BCUT2D eigenvalue weighted by Crippen LogP contribution is -2.47. The van der Waals surface area contributed by atoms with Gasteiger partial charge in [-0.25, -0.2) is 22.6 Å². The highest BCUT2D eigenvalue weighted by molar-refractivity contribution is 7.92. The van der Waals surface area contributed by atoms with E-state index >= 15 is 0 Å². The molecule has 0 atom stereocenters. The van der Waals surface area contributed by atoms with Crippen molar-refractivity contribution in [1.82, 2.24) is 9.88 Å². The normalized spacial score (nSPS) is 18.3. The summed E-state index contributed by atoms with van der Waals surface area (Å²) in [7, 11) is -4.11. The molecule has 0 amide bonds. The van der Waals surface area contributed by atoms with Crippen LogP contribution >= 0.6 is 0 Å². The summed E-state index contributed by atoms with van der Waals surface area (Å²) in [5.41, 5.74) is 0.328. The van der Waals surface area contributed by atoms with Gasteiger partial charge in [-0.15, -0.1) is 0 Å². The number of aromatic carboxylic acids is 1. The zero-order valence-electron chi connectivity index (χ0n) is 18.6. The van der Waals surface area contributed by atoms with Gasteiger partial charge in [0.1, 0.15) is 17.2 Å². The van der Waals surface area contributed by atoms with Crippen LogP contribution in [0.3, 0.4) is 0 Å². The highest BCUT2D eigenvalue weighted by Gasteiger charge is 2.28. The lowest BCUT2D eigenvalue weighted by Gasteiger charge is -2.40. The molecule has 0 spiro atoms. The summed E-state index contributed by atoms with van der Waals surface area (Å²) in [5, 5.41) is 9.77. The Morgan fingerprint density at radius 2 is 1.82 bits per heavy atom. The van der Waals surface area contributed by atoms with Crippen LogP contribution in [0.2, 0.25) is 0 Å². The molecule has 2 aliphatic rings. The third kappa shape index (κ3) is 5.27. The highest BCUT2D eigenvalue weighted by Crippen LogP contribution is 2.28. The van der Waals surface area contributed by atoms with Crippen molar-refractivity contribution in [2.75, 3.05) is 35.8 Å². The predicted molar refractivity (Wildman–Crippen MR) is 124 cm³/mol. The Labute approximate surface area is 193 Å². The number of halogens is 1. The Morgan fingerprint density at radius 3 is 2.48 bits per heavy atom. The highest BCUT2D eigenvalue weighted by atomic mass is 32.2. The summed E-state index contributed by atoms with van der Waals surface area (Å²) >= 11 is 0. The van der Waals surface area contributed by atoms with Crippen molar-refractivity contribution in [1.29, 1.82) is 0 Å². The minimum Gasteiger partial charge on any atom is -0.478 e. The maximum atomic E-state index is 13.6. The number of piperidine rings is 2. The number of benzene rings is 1. The molecule has 4 rings (SSSR count). The fraction of sp³-hybridized carbons (Fsp3) is 0.478. The largest absolute Gasteiger partial charge is 0.478 e. The summed E-state index contributed by atoms with van der Waals surface area (Å²) in [4.78, 5) is 20.6. The number of carboxylic acids is 1. The van der Waals surface area contributed by atoms with Crippen LogP contribution in [-0.2, 0) is 10.0 Å². The molecule has 2 saturated heterocycles. The van der Waals surface area contributed by atoms with E-state index in [-0.39, 0.29) is 16.1 Å². The van der Waals surface area contributed by atoms with Crippen LogP contribution in [0.15, 0.2) is 35.4 Å². The second-order valence-electron chi connectivity index (χ2n) is 8.73. The number of rotatable bonds is 6.